The van der Waals surface area contributed by atoms with Crippen molar-refractivity contribution in [3.63, 3.8) is 0 Å². The van der Waals surface area contributed by atoms with Crippen LogP contribution < -0.4 is 10.6 Å². The smallest absolute Gasteiger partial charge is 0.253 e. The van der Waals surface area contributed by atoms with Crippen molar-refractivity contribution in [3.8, 4) is 0 Å². The third kappa shape index (κ3) is 6.08. The molecule has 0 spiro atoms. The van der Waals surface area contributed by atoms with E-state index in [0.717, 1.165) is 30.5 Å². The third-order valence-electron chi connectivity index (χ3n) is 6.27. The molecule has 1 saturated heterocycles. The number of hydrogen-bond donors (Lipinski definition) is 2. The predicted octanol–water partition coefficient (Wildman–Crippen LogP) is 5.17. The molecule has 0 aliphatic carbocycles. The maximum atomic E-state index is 13.2. The summed E-state index contributed by atoms with van der Waals surface area (Å²) >= 11 is 0. The summed E-state index contributed by atoms with van der Waals surface area (Å²) < 4.78 is 13.2. The van der Waals surface area contributed by atoms with E-state index in [-0.39, 0.29) is 29.6 Å². The molecule has 2 unspecified atom stereocenters. The molecule has 5 nitrogen and oxygen atoms in total. The number of carbonyl (C=O) groups excluding carboxylic acids is 2. The molecule has 1 fully saturated rings. The number of nitrogens with zero attached hydrogens (tertiary/aromatic N) is 1. The number of nitrogens with one attached hydrogen (secondary N) is 2. The van der Waals surface area contributed by atoms with E-state index in [1.54, 1.807) is 30.3 Å². The van der Waals surface area contributed by atoms with Crippen molar-refractivity contribution in [2.75, 3.05) is 18.4 Å². The van der Waals surface area contributed by atoms with Crippen molar-refractivity contribution in [3.05, 3.63) is 101 Å². The Morgan fingerprint density at radius 1 is 1.00 bits per heavy atom. The Labute approximate surface area is 200 Å². The summed E-state index contributed by atoms with van der Waals surface area (Å²) in [5.74, 6) is -0.733. The molecule has 2 N–H and O–H groups in total. The summed E-state index contributed by atoms with van der Waals surface area (Å²) in [6, 6.07) is 23.2. The zero-order valence-electron chi connectivity index (χ0n) is 19.3. The zero-order chi connectivity index (χ0) is 23.9. The average molecular weight is 460 g/mol. The summed E-state index contributed by atoms with van der Waals surface area (Å²) in [6.07, 6.45) is 1.71. The van der Waals surface area contributed by atoms with Crippen LogP contribution in [0.2, 0.25) is 0 Å². The standard InChI is InChI=1S/C28H30FN3O2/c1-20(22-8-3-2-4-9-22)30-28(34)25-11-5-6-12-26(25)31-27(33)23-10-7-17-32(19-23)18-21-13-15-24(29)16-14-21/h2-6,8-9,11-16,20,23H,7,10,17-19H2,1H3,(H,30,34)(H,31,33). The molecule has 34 heavy (non-hydrogen) atoms. The number of likely N-dealkylation sites (tertiary alicyclic amines) is 1. The quantitative estimate of drug-likeness (QED) is 0.513. The molecule has 4 rings (SSSR count). The summed E-state index contributed by atoms with van der Waals surface area (Å²) in [6.45, 7) is 4.15. The highest BCUT2D eigenvalue weighted by Gasteiger charge is 2.27. The Morgan fingerprint density at radius 3 is 2.47 bits per heavy atom. The SMILES string of the molecule is CC(NC(=O)c1ccccc1NC(=O)C1CCCN(Cc2ccc(F)cc2)C1)c1ccccc1. The van der Waals surface area contributed by atoms with Gasteiger partial charge in [0.15, 0.2) is 0 Å². The largest absolute Gasteiger partial charge is 0.345 e. The molecular formula is C28H30FN3O2. The fraction of sp³-hybridized carbons (Fsp3) is 0.286. The molecule has 6 heteroatoms. The van der Waals surface area contributed by atoms with Crippen LogP contribution in [-0.2, 0) is 11.3 Å². The lowest BCUT2D eigenvalue weighted by Crippen LogP contribution is -2.40. The van der Waals surface area contributed by atoms with Crippen molar-refractivity contribution < 1.29 is 14.0 Å². The number of anilines is 1. The number of hydrogen-bond acceptors (Lipinski definition) is 3. The highest BCUT2D eigenvalue weighted by molar-refractivity contribution is 6.04. The van der Waals surface area contributed by atoms with E-state index in [0.29, 0.717) is 24.3 Å². The van der Waals surface area contributed by atoms with Gasteiger partial charge in [0.1, 0.15) is 5.82 Å². The Kier molecular flexibility index (Phi) is 7.70. The molecule has 2 atom stereocenters. The Hall–Kier alpha value is -3.51. The second-order valence-electron chi connectivity index (χ2n) is 8.84. The van der Waals surface area contributed by atoms with Gasteiger partial charge < -0.3 is 10.6 Å². The monoisotopic (exact) mass is 459 g/mol. The molecule has 176 valence electrons. The second kappa shape index (κ2) is 11.1. The van der Waals surface area contributed by atoms with Gasteiger partial charge in [0, 0.05) is 13.1 Å². The van der Waals surface area contributed by atoms with Crippen LogP contribution in [0.4, 0.5) is 10.1 Å². The molecule has 0 radical (unpaired) electrons. The van der Waals surface area contributed by atoms with E-state index in [9.17, 15) is 14.0 Å². The lowest BCUT2D eigenvalue weighted by molar-refractivity contribution is -0.121. The molecular weight excluding hydrogens is 429 g/mol. The zero-order valence-corrected chi connectivity index (χ0v) is 19.3. The summed E-state index contributed by atoms with van der Waals surface area (Å²) in [5, 5.41) is 6.01. The van der Waals surface area contributed by atoms with E-state index in [2.05, 4.69) is 15.5 Å². The normalized spacial score (nSPS) is 17.1. The van der Waals surface area contributed by atoms with Gasteiger partial charge in [0.25, 0.3) is 5.91 Å². The molecule has 1 aliphatic heterocycles. The van der Waals surface area contributed by atoms with Crippen molar-refractivity contribution >= 4 is 17.5 Å². The van der Waals surface area contributed by atoms with Crippen LogP contribution in [0.15, 0.2) is 78.9 Å². The summed E-state index contributed by atoms with van der Waals surface area (Å²) in [7, 11) is 0. The Morgan fingerprint density at radius 2 is 1.71 bits per heavy atom. The molecule has 1 heterocycles. The van der Waals surface area contributed by atoms with Gasteiger partial charge in [-0.05, 0) is 61.7 Å². The minimum atomic E-state index is -0.250. The summed E-state index contributed by atoms with van der Waals surface area (Å²) in [4.78, 5) is 28.3. The first kappa shape index (κ1) is 23.6. The van der Waals surface area contributed by atoms with Crippen LogP contribution in [0.5, 0.6) is 0 Å². The van der Waals surface area contributed by atoms with Crippen LogP contribution in [0.3, 0.4) is 0 Å². The molecule has 1 aliphatic rings. The fourth-order valence-corrected chi connectivity index (χ4v) is 4.39. The molecule has 2 amide bonds. The van der Waals surface area contributed by atoms with Gasteiger partial charge in [-0.2, -0.15) is 0 Å². The third-order valence-corrected chi connectivity index (χ3v) is 6.27. The predicted molar refractivity (Wildman–Crippen MR) is 132 cm³/mol. The first-order chi connectivity index (χ1) is 16.5. The lowest BCUT2D eigenvalue weighted by Gasteiger charge is -2.32. The number of rotatable bonds is 7. The average Bonchev–Trinajstić information content (AvgIpc) is 2.86. The number of amides is 2. The van der Waals surface area contributed by atoms with Gasteiger partial charge in [-0.15, -0.1) is 0 Å². The maximum absolute atomic E-state index is 13.2. The van der Waals surface area contributed by atoms with Crippen molar-refractivity contribution in [2.24, 2.45) is 5.92 Å². The van der Waals surface area contributed by atoms with Crippen LogP contribution in [0.1, 0.15) is 47.3 Å². The fourth-order valence-electron chi connectivity index (χ4n) is 4.39. The summed E-state index contributed by atoms with van der Waals surface area (Å²) in [5.41, 5.74) is 3.00. The number of benzene rings is 3. The topological polar surface area (TPSA) is 61.4 Å². The first-order valence-electron chi connectivity index (χ1n) is 11.7. The maximum Gasteiger partial charge on any atom is 0.253 e. The number of piperidine rings is 1. The van der Waals surface area contributed by atoms with E-state index in [4.69, 9.17) is 0 Å². The van der Waals surface area contributed by atoms with Gasteiger partial charge >= 0.3 is 0 Å². The number of carbonyl (C=O) groups is 2. The molecule has 3 aromatic carbocycles. The Balaban J connectivity index is 1.39. The Bertz CT molecular complexity index is 1120. The van der Waals surface area contributed by atoms with E-state index in [1.165, 1.54) is 12.1 Å². The highest BCUT2D eigenvalue weighted by atomic mass is 19.1. The van der Waals surface area contributed by atoms with Crippen LogP contribution in [0.25, 0.3) is 0 Å². The molecule has 0 bridgehead atoms. The molecule has 0 saturated carbocycles. The molecule has 3 aromatic rings. The first-order valence-corrected chi connectivity index (χ1v) is 11.7. The van der Waals surface area contributed by atoms with Crippen molar-refractivity contribution in [1.29, 1.82) is 0 Å². The van der Waals surface area contributed by atoms with E-state index >= 15 is 0 Å². The van der Waals surface area contributed by atoms with E-state index in [1.807, 2.05) is 43.3 Å². The highest BCUT2D eigenvalue weighted by Crippen LogP contribution is 2.23. The van der Waals surface area contributed by atoms with Crippen LogP contribution in [0, 0.1) is 11.7 Å². The van der Waals surface area contributed by atoms with Crippen molar-refractivity contribution in [1.82, 2.24) is 10.2 Å². The van der Waals surface area contributed by atoms with E-state index < -0.39 is 0 Å². The van der Waals surface area contributed by atoms with Gasteiger partial charge in [-0.1, -0.05) is 54.6 Å². The van der Waals surface area contributed by atoms with Gasteiger partial charge in [-0.3, -0.25) is 14.5 Å². The van der Waals surface area contributed by atoms with Crippen LogP contribution in [-0.4, -0.2) is 29.8 Å². The lowest BCUT2D eigenvalue weighted by atomic mass is 9.96. The van der Waals surface area contributed by atoms with Crippen LogP contribution >= 0.6 is 0 Å². The second-order valence-corrected chi connectivity index (χ2v) is 8.84. The molecule has 0 aromatic heterocycles. The number of para-hydroxylation sites is 1. The van der Waals surface area contributed by atoms with Gasteiger partial charge in [-0.25, -0.2) is 4.39 Å². The minimum Gasteiger partial charge on any atom is -0.345 e. The van der Waals surface area contributed by atoms with Crippen molar-refractivity contribution in [2.45, 2.75) is 32.4 Å². The number of halogens is 1. The van der Waals surface area contributed by atoms with Gasteiger partial charge in [0.2, 0.25) is 5.91 Å². The van der Waals surface area contributed by atoms with Gasteiger partial charge in [0.05, 0.1) is 23.2 Å². The minimum absolute atomic E-state index is 0.0832.